The van der Waals surface area contributed by atoms with E-state index in [4.69, 9.17) is 0 Å². The molecule has 0 aromatic carbocycles. The van der Waals surface area contributed by atoms with Crippen LogP contribution in [0.15, 0.2) is 0 Å². The van der Waals surface area contributed by atoms with Crippen molar-refractivity contribution < 1.29 is 26.7 Å². The minimum Gasteiger partial charge on any atom is -0.393 e. The number of hydrogen-bond acceptors (Lipinski definition) is 3. The Bertz CT molecular complexity index is 336. The van der Waals surface area contributed by atoms with Crippen LogP contribution < -0.4 is 9.44 Å². The van der Waals surface area contributed by atoms with E-state index in [-0.39, 0.29) is 0 Å². The van der Waals surface area contributed by atoms with Crippen molar-refractivity contribution in [3.05, 3.63) is 0 Å². The van der Waals surface area contributed by atoms with Gasteiger partial charge in [-0.25, -0.2) is 0 Å². The van der Waals surface area contributed by atoms with Gasteiger partial charge in [0, 0.05) is 6.04 Å². The van der Waals surface area contributed by atoms with Gasteiger partial charge in [0.25, 0.3) is 10.2 Å². The summed E-state index contributed by atoms with van der Waals surface area (Å²) < 4.78 is 61.5. The van der Waals surface area contributed by atoms with Crippen LogP contribution in [-0.2, 0) is 10.2 Å². The highest BCUT2D eigenvalue weighted by Crippen LogP contribution is 2.19. The molecule has 0 spiro atoms. The monoisotopic (exact) mass is 276 g/mol. The summed E-state index contributed by atoms with van der Waals surface area (Å²) in [4.78, 5) is 0. The van der Waals surface area contributed by atoms with Crippen LogP contribution in [0.25, 0.3) is 0 Å². The second kappa shape index (κ2) is 5.51. The van der Waals surface area contributed by atoms with Gasteiger partial charge in [0.05, 0.1) is 6.10 Å². The molecule has 1 aliphatic rings. The van der Waals surface area contributed by atoms with E-state index < -0.39 is 35.1 Å². The van der Waals surface area contributed by atoms with E-state index in [1.807, 2.05) is 0 Å². The van der Waals surface area contributed by atoms with Crippen molar-refractivity contribution in [1.82, 2.24) is 9.44 Å². The molecule has 0 aliphatic heterocycles. The number of alkyl halides is 3. The SMILES string of the molecule is O=S(=O)(NCC(F)(F)F)NC1CCC(O)CC1. The van der Waals surface area contributed by atoms with Crippen LogP contribution in [0.3, 0.4) is 0 Å². The van der Waals surface area contributed by atoms with Gasteiger partial charge >= 0.3 is 6.18 Å². The molecule has 0 aromatic rings. The van der Waals surface area contributed by atoms with Crippen molar-refractivity contribution >= 4 is 10.2 Å². The summed E-state index contributed by atoms with van der Waals surface area (Å²) in [5, 5.41) is 9.19. The van der Waals surface area contributed by atoms with Crippen LogP contribution in [-0.4, -0.2) is 38.4 Å². The first-order valence-corrected chi connectivity index (χ1v) is 6.68. The van der Waals surface area contributed by atoms with Gasteiger partial charge in [-0.2, -0.15) is 31.0 Å². The summed E-state index contributed by atoms with van der Waals surface area (Å²) in [6, 6.07) is -0.413. The topological polar surface area (TPSA) is 78.4 Å². The number of hydrogen-bond donors (Lipinski definition) is 3. The Morgan fingerprint density at radius 2 is 1.71 bits per heavy atom. The van der Waals surface area contributed by atoms with E-state index in [9.17, 15) is 26.7 Å². The van der Waals surface area contributed by atoms with Crippen molar-refractivity contribution in [3.8, 4) is 0 Å². The summed E-state index contributed by atoms with van der Waals surface area (Å²) in [5.41, 5.74) is 0. The molecule has 9 heteroatoms. The Morgan fingerprint density at radius 3 is 2.18 bits per heavy atom. The fraction of sp³-hybridized carbons (Fsp3) is 1.00. The smallest absolute Gasteiger partial charge is 0.393 e. The Kier molecular flexibility index (Phi) is 4.76. The molecule has 0 bridgehead atoms. The van der Waals surface area contributed by atoms with Crippen LogP contribution in [0.4, 0.5) is 13.2 Å². The molecule has 5 nitrogen and oxygen atoms in total. The third-order valence-corrected chi connectivity index (χ3v) is 3.65. The van der Waals surface area contributed by atoms with Gasteiger partial charge in [-0.1, -0.05) is 0 Å². The van der Waals surface area contributed by atoms with E-state index in [2.05, 4.69) is 4.72 Å². The molecule has 0 aromatic heterocycles. The Hall–Kier alpha value is -0.380. The molecule has 0 radical (unpaired) electrons. The maximum absolute atomic E-state index is 11.8. The third kappa shape index (κ3) is 6.20. The second-order valence-corrected chi connectivity index (χ2v) is 5.59. The highest BCUT2D eigenvalue weighted by atomic mass is 32.2. The largest absolute Gasteiger partial charge is 0.402 e. The first-order chi connectivity index (χ1) is 7.68. The molecule has 0 unspecified atom stereocenters. The van der Waals surface area contributed by atoms with Gasteiger partial charge in [0.15, 0.2) is 0 Å². The van der Waals surface area contributed by atoms with E-state index >= 15 is 0 Å². The lowest BCUT2D eigenvalue weighted by atomic mass is 9.94. The van der Waals surface area contributed by atoms with Gasteiger partial charge in [0.1, 0.15) is 6.54 Å². The van der Waals surface area contributed by atoms with E-state index in [0.29, 0.717) is 25.7 Å². The van der Waals surface area contributed by atoms with Crippen molar-refractivity contribution in [2.24, 2.45) is 0 Å². The Morgan fingerprint density at radius 1 is 1.18 bits per heavy atom. The van der Waals surface area contributed by atoms with Crippen molar-refractivity contribution in [1.29, 1.82) is 0 Å². The van der Waals surface area contributed by atoms with Gasteiger partial charge in [-0.3, -0.25) is 0 Å². The maximum atomic E-state index is 11.8. The lowest BCUT2D eigenvalue weighted by Gasteiger charge is -2.26. The number of nitrogens with one attached hydrogen (secondary N) is 2. The maximum Gasteiger partial charge on any atom is 0.402 e. The Balaban J connectivity index is 2.39. The van der Waals surface area contributed by atoms with Gasteiger partial charge in [0.2, 0.25) is 0 Å². The van der Waals surface area contributed by atoms with Gasteiger partial charge in [-0.15, -0.1) is 0 Å². The molecule has 0 atom stereocenters. The average molecular weight is 276 g/mol. The minimum absolute atomic E-state index is 0.413. The molecule has 1 fully saturated rings. The first-order valence-electron chi connectivity index (χ1n) is 5.20. The van der Waals surface area contributed by atoms with Crippen LogP contribution in [0.5, 0.6) is 0 Å². The van der Waals surface area contributed by atoms with E-state index in [1.54, 1.807) is 0 Å². The summed E-state index contributed by atoms with van der Waals surface area (Å²) in [6.45, 7) is -1.59. The predicted octanol–water partition coefficient (Wildman–Crippen LogP) is 0.276. The van der Waals surface area contributed by atoms with E-state index in [1.165, 1.54) is 4.72 Å². The summed E-state index contributed by atoms with van der Waals surface area (Å²) >= 11 is 0. The molecular weight excluding hydrogens is 261 g/mol. The summed E-state index contributed by atoms with van der Waals surface area (Å²) in [6.07, 6.45) is -3.27. The van der Waals surface area contributed by atoms with Crippen molar-refractivity contribution in [2.75, 3.05) is 6.54 Å². The average Bonchev–Trinajstić information content (AvgIpc) is 2.18. The highest BCUT2D eigenvalue weighted by Gasteiger charge is 2.30. The molecule has 0 saturated heterocycles. The second-order valence-electron chi connectivity index (χ2n) is 4.06. The quantitative estimate of drug-likeness (QED) is 0.690. The molecule has 17 heavy (non-hydrogen) atoms. The minimum atomic E-state index is -4.57. The van der Waals surface area contributed by atoms with Crippen molar-refractivity contribution in [3.63, 3.8) is 0 Å². The normalized spacial score (nSPS) is 27.1. The van der Waals surface area contributed by atoms with E-state index in [0.717, 1.165) is 0 Å². The molecule has 1 rings (SSSR count). The molecule has 102 valence electrons. The molecular formula is C8H15F3N2O3S. The number of aliphatic hydroxyl groups is 1. The lowest BCUT2D eigenvalue weighted by Crippen LogP contribution is -2.47. The molecule has 0 heterocycles. The molecule has 1 saturated carbocycles. The Labute approximate surface area is 97.6 Å². The molecule has 1 aliphatic carbocycles. The van der Waals surface area contributed by atoms with Crippen LogP contribution >= 0.6 is 0 Å². The van der Waals surface area contributed by atoms with Crippen molar-refractivity contribution in [2.45, 2.75) is 44.0 Å². The fourth-order valence-electron chi connectivity index (χ4n) is 1.63. The molecule has 0 amide bonds. The zero-order valence-corrected chi connectivity index (χ0v) is 9.81. The van der Waals surface area contributed by atoms with Gasteiger partial charge in [-0.05, 0) is 25.7 Å². The first kappa shape index (κ1) is 14.7. The highest BCUT2D eigenvalue weighted by molar-refractivity contribution is 7.87. The summed E-state index contributed by atoms with van der Waals surface area (Å²) in [7, 11) is -4.13. The number of rotatable bonds is 4. The van der Waals surface area contributed by atoms with Crippen LogP contribution in [0, 0.1) is 0 Å². The fourth-order valence-corrected chi connectivity index (χ4v) is 2.74. The summed E-state index contributed by atoms with van der Waals surface area (Å²) in [5.74, 6) is 0. The lowest BCUT2D eigenvalue weighted by molar-refractivity contribution is -0.121. The van der Waals surface area contributed by atoms with Gasteiger partial charge < -0.3 is 5.11 Å². The van der Waals surface area contributed by atoms with Crippen LogP contribution in [0.1, 0.15) is 25.7 Å². The third-order valence-electron chi connectivity index (χ3n) is 2.48. The van der Waals surface area contributed by atoms with Crippen LogP contribution in [0.2, 0.25) is 0 Å². The predicted molar refractivity (Wildman–Crippen MR) is 54.4 cm³/mol. The standard InChI is InChI=1S/C8H15F3N2O3S/c9-8(10,11)5-12-17(15,16)13-6-1-3-7(14)4-2-6/h6-7,12-14H,1-5H2. The zero-order valence-electron chi connectivity index (χ0n) is 9.00. The zero-order chi connectivity index (χ0) is 13.1. The molecule has 3 N–H and O–H groups in total. The number of halogens is 3. The number of aliphatic hydroxyl groups excluding tert-OH is 1.